The summed E-state index contributed by atoms with van der Waals surface area (Å²) in [6.45, 7) is 1.92. The molecule has 0 saturated heterocycles. The fourth-order valence-corrected chi connectivity index (χ4v) is 0.864. The molecule has 0 nitrogen and oxygen atoms in total. The average Bonchev–Trinajstić information content (AvgIpc) is 1.62. The average molecular weight is 240 g/mol. The number of halogens is 4. The van der Waals surface area contributed by atoms with Crippen molar-refractivity contribution in [2.75, 3.05) is 0 Å². The minimum absolute atomic E-state index is 0.231. The summed E-state index contributed by atoms with van der Waals surface area (Å²) in [4.78, 5) is 0. The molecule has 0 aliphatic rings. The molecule has 0 aromatic rings. The minimum Gasteiger partial charge on any atom is -0.119 e. The number of rotatable bonds is 2. The summed E-state index contributed by atoms with van der Waals surface area (Å²) in [6, 6.07) is 0. The van der Waals surface area contributed by atoms with E-state index in [0.717, 1.165) is 6.42 Å². The van der Waals surface area contributed by atoms with Crippen molar-refractivity contribution in [1.82, 2.24) is 0 Å². The molecule has 1 unspecified atom stereocenters. The van der Waals surface area contributed by atoms with Gasteiger partial charge in [0.15, 0.2) is 3.24 Å². The van der Waals surface area contributed by atoms with Crippen LogP contribution in [-0.4, -0.2) is 8.62 Å². The molecule has 50 valence electrons. The zero-order chi connectivity index (χ0) is 6.78. The summed E-state index contributed by atoms with van der Waals surface area (Å²) in [6.07, 6.45) is 0.750. The lowest BCUT2D eigenvalue weighted by molar-refractivity contribution is 0.848. The maximum Gasteiger partial charge on any atom is 0.188 e. The SMILES string of the molecule is CCC(Cl)C(Cl)(Cl)Br. The highest BCUT2D eigenvalue weighted by atomic mass is 79.9. The van der Waals surface area contributed by atoms with Gasteiger partial charge in [-0.15, -0.1) is 11.6 Å². The van der Waals surface area contributed by atoms with E-state index < -0.39 is 3.24 Å². The summed E-state index contributed by atoms with van der Waals surface area (Å²) < 4.78 is -0.969. The van der Waals surface area contributed by atoms with E-state index in [0.29, 0.717) is 0 Å². The predicted molar refractivity (Wildman–Crippen MR) is 43.3 cm³/mol. The van der Waals surface area contributed by atoms with Crippen LogP contribution in [0.3, 0.4) is 0 Å². The molecule has 0 aromatic heterocycles. The van der Waals surface area contributed by atoms with Crippen LogP contribution in [0.1, 0.15) is 13.3 Å². The Hall–Kier alpha value is 1.35. The second kappa shape index (κ2) is 3.50. The molecule has 0 fully saturated rings. The molecule has 0 amide bonds. The van der Waals surface area contributed by atoms with E-state index in [4.69, 9.17) is 34.8 Å². The van der Waals surface area contributed by atoms with Crippen LogP contribution in [0.4, 0.5) is 0 Å². The highest BCUT2D eigenvalue weighted by Gasteiger charge is 2.27. The Labute approximate surface area is 72.6 Å². The van der Waals surface area contributed by atoms with Crippen molar-refractivity contribution in [3.05, 3.63) is 0 Å². The molecule has 0 radical (unpaired) electrons. The van der Waals surface area contributed by atoms with Crippen molar-refractivity contribution in [1.29, 1.82) is 0 Å². The van der Waals surface area contributed by atoms with Gasteiger partial charge in [-0.2, -0.15) is 0 Å². The largest absolute Gasteiger partial charge is 0.188 e. The molecule has 1 atom stereocenters. The molecule has 0 rings (SSSR count). The number of alkyl halides is 4. The van der Waals surface area contributed by atoms with Gasteiger partial charge < -0.3 is 0 Å². The van der Waals surface area contributed by atoms with Crippen LogP contribution < -0.4 is 0 Å². The van der Waals surface area contributed by atoms with Gasteiger partial charge in [-0.05, 0) is 22.4 Å². The maximum absolute atomic E-state index is 5.63. The van der Waals surface area contributed by atoms with E-state index in [-0.39, 0.29) is 5.38 Å². The van der Waals surface area contributed by atoms with Gasteiger partial charge in [-0.25, -0.2) is 0 Å². The molecule has 8 heavy (non-hydrogen) atoms. The van der Waals surface area contributed by atoms with Crippen molar-refractivity contribution in [3.8, 4) is 0 Å². The summed E-state index contributed by atoms with van der Waals surface area (Å²) in [5, 5.41) is -0.231. The summed E-state index contributed by atoms with van der Waals surface area (Å²) >= 11 is 19.7. The molecule has 0 bridgehead atoms. The third-order valence-electron chi connectivity index (χ3n) is 0.714. The number of hydrogen-bond acceptors (Lipinski definition) is 0. The normalized spacial score (nSPS) is 16.1. The second-order valence-corrected chi connectivity index (χ2v) is 5.49. The zero-order valence-electron chi connectivity index (χ0n) is 4.30. The molecule has 0 N–H and O–H groups in total. The number of hydrogen-bond donors (Lipinski definition) is 0. The summed E-state index contributed by atoms with van der Waals surface area (Å²) in [5.41, 5.74) is 0. The minimum atomic E-state index is -0.969. The highest BCUT2D eigenvalue weighted by Crippen LogP contribution is 2.37. The van der Waals surface area contributed by atoms with Crippen molar-refractivity contribution in [2.45, 2.75) is 22.0 Å². The van der Waals surface area contributed by atoms with E-state index in [1.807, 2.05) is 6.92 Å². The molecular formula is C4H6BrCl3. The van der Waals surface area contributed by atoms with Crippen molar-refractivity contribution in [2.24, 2.45) is 0 Å². The van der Waals surface area contributed by atoms with Gasteiger partial charge in [0.25, 0.3) is 0 Å². The van der Waals surface area contributed by atoms with E-state index in [9.17, 15) is 0 Å². The second-order valence-electron chi connectivity index (χ2n) is 1.42. The molecule has 4 heteroatoms. The van der Waals surface area contributed by atoms with Crippen molar-refractivity contribution >= 4 is 50.7 Å². The molecular weight excluding hydrogens is 234 g/mol. The first-order chi connectivity index (χ1) is 3.48. The smallest absolute Gasteiger partial charge is 0.119 e. The van der Waals surface area contributed by atoms with Crippen LogP contribution in [0.2, 0.25) is 0 Å². The van der Waals surface area contributed by atoms with Gasteiger partial charge in [0.2, 0.25) is 0 Å². The zero-order valence-corrected chi connectivity index (χ0v) is 8.15. The van der Waals surface area contributed by atoms with Crippen LogP contribution in [0.5, 0.6) is 0 Å². The molecule has 0 aliphatic heterocycles. The highest BCUT2D eigenvalue weighted by molar-refractivity contribution is 9.11. The van der Waals surface area contributed by atoms with Gasteiger partial charge in [-0.3, -0.25) is 0 Å². The molecule has 0 aliphatic carbocycles. The van der Waals surface area contributed by atoms with Crippen LogP contribution >= 0.6 is 50.7 Å². The first-order valence-corrected chi connectivity index (χ1v) is 4.17. The van der Waals surface area contributed by atoms with Gasteiger partial charge in [0, 0.05) is 0 Å². The van der Waals surface area contributed by atoms with Gasteiger partial charge in [0.05, 0.1) is 5.38 Å². The third kappa shape index (κ3) is 3.39. The first-order valence-electron chi connectivity index (χ1n) is 2.19. The monoisotopic (exact) mass is 238 g/mol. The van der Waals surface area contributed by atoms with Crippen molar-refractivity contribution < 1.29 is 0 Å². The van der Waals surface area contributed by atoms with E-state index in [1.54, 1.807) is 0 Å². The fraction of sp³-hybridized carbons (Fsp3) is 1.00. The standard InChI is InChI=1S/C4H6BrCl3/c1-2-3(6)4(5,7)8/h3H,2H2,1H3. The Bertz CT molecular complexity index is 68.2. The van der Waals surface area contributed by atoms with E-state index >= 15 is 0 Å². The maximum atomic E-state index is 5.63. The summed E-state index contributed by atoms with van der Waals surface area (Å²) in [7, 11) is 0. The molecule has 0 heterocycles. The van der Waals surface area contributed by atoms with E-state index in [1.165, 1.54) is 0 Å². The summed E-state index contributed by atoms with van der Waals surface area (Å²) in [5.74, 6) is 0. The lowest BCUT2D eigenvalue weighted by Gasteiger charge is -2.15. The topological polar surface area (TPSA) is 0 Å². The van der Waals surface area contributed by atoms with Gasteiger partial charge in [0.1, 0.15) is 0 Å². The predicted octanol–water partition coefficient (Wildman–Crippen LogP) is 3.53. The van der Waals surface area contributed by atoms with Gasteiger partial charge >= 0.3 is 0 Å². The lowest BCUT2D eigenvalue weighted by atomic mass is 10.4. The third-order valence-corrected chi connectivity index (χ3v) is 2.92. The Morgan fingerprint density at radius 1 is 1.62 bits per heavy atom. The quantitative estimate of drug-likeness (QED) is 0.648. The van der Waals surface area contributed by atoms with Crippen LogP contribution in [0.15, 0.2) is 0 Å². The molecule has 0 spiro atoms. The first kappa shape index (κ1) is 9.35. The van der Waals surface area contributed by atoms with E-state index in [2.05, 4.69) is 15.9 Å². The fourth-order valence-electron chi connectivity index (χ4n) is 0.231. The molecule has 0 aromatic carbocycles. The Balaban J connectivity index is 3.62. The van der Waals surface area contributed by atoms with Gasteiger partial charge in [-0.1, -0.05) is 30.1 Å². The van der Waals surface area contributed by atoms with Crippen molar-refractivity contribution in [3.63, 3.8) is 0 Å². The Morgan fingerprint density at radius 2 is 2.00 bits per heavy atom. The van der Waals surface area contributed by atoms with Crippen LogP contribution in [0, 0.1) is 0 Å². The Morgan fingerprint density at radius 3 is 2.00 bits per heavy atom. The van der Waals surface area contributed by atoms with Crippen LogP contribution in [-0.2, 0) is 0 Å². The van der Waals surface area contributed by atoms with Crippen LogP contribution in [0.25, 0.3) is 0 Å². The lowest BCUT2D eigenvalue weighted by Crippen LogP contribution is -2.16. The Kier molecular flexibility index (Phi) is 4.09. The molecule has 0 saturated carbocycles.